The monoisotopic (exact) mass is 482 g/mol. The molecule has 1 aromatic carbocycles. The Morgan fingerprint density at radius 1 is 0.935 bits per heavy atom. The van der Waals surface area contributed by atoms with Gasteiger partial charge in [0.2, 0.25) is 15.9 Å². The lowest BCUT2D eigenvalue weighted by atomic mass is 9.98. The number of carbonyl (C=O) groups is 1. The predicted molar refractivity (Wildman–Crippen MR) is 121 cm³/mol. The number of pyridine rings is 1. The molecule has 0 aliphatic carbocycles. The van der Waals surface area contributed by atoms with Crippen LogP contribution in [0.1, 0.15) is 12.8 Å². The lowest BCUT2D eigenvalue weighted by Gasteiger charge is -2.39. The lowest BCUT2D eigenvalue weighted by molar-refractivity contribution is -0.137. The molecule has 0 bridgehead atoms. The number of benzene rings is 1. The topological polar surface area (TPSA) is 73.8 Å². The van der Waals surface area contributed by atoms with Gasteiger partial charge in [0.1, 0.15) is 5.82 Å². The number of anilines is 1. The third-order valence-electron chi connectivity index (χ3n) is 5.81. The molecule has 0 saturated carbocycles. The molecule has 166 valence electrons. The minimum absolute atomic E-state index is 0.0275. The minimum atomic E-state index is -3.65. The first kappa shape index (κ1) is 22.3. The SMILES string of the molecule is O=C(C1CCCN(S(=O)(=O)c2ccc(Cl)cc2)C1)N1CCN(c2ccc(Cl)cn2)CC1. The van der Waals surface area contributed by atoms with Gasteiger partial charge in [-0.15, -0.1) is 0 Å². The van der Waals surface area contributed by atoms with Crippen molar-refractivity contribution in [1.82, 2.24) is 14.2 Å². The highest BCUT2D eigenvalue weighted by Gasteiger charge is 2.36. The second-order valence-electron chi connectivity index (χ2n) is 7.80. The Kier molecular flexibility index (Phi) is 6.71. The number of piperazine rings is 1. The molecule has 3 heterocycles. The smallest absolute Gasteiger partial charge is 0.243 e. The fourth-order valence-corrected chi connectivity index (χ4v) is 5.85. The Morgan fingerprint density at radius 3 is 2.26 bits per heavy atom. The van der Waals surface area contributed by atoms with Gasteiger partial charge < -0.3 is 9.80 Å². The number of amides is 1. The average Bonchev–Trinajstić information content (AvgIpc) is 2.80. The standard InChI is InChI=1S/C21H24Cl2N4O3S/c22-17-3-6-19(7-4-17)31(29,30)27-9-1-2-16(15-27)21(28)26-12-10-25(11-13-26)20-8-5-18(23)14-24-20/h3-8,14,16H,1-2,9-13,15H2. The largest absolute Gasteiger partial charge is 0.353 e. The normalized spacial score (nSPS) is 20.6. The molecule has 1 aromatic heterocycles. The molecule has 1 unspecified atom stereocenters. The van der Waals surface area contributed by atoms with E-state index in [0.717, 1.165) is 5.82 Å². The van der Waals surface area contributed by atoms with Crippen molar-refractivity contribution in [1.29, 1.82) is 0 Å². The highest BCUT2D eigenvalue weighted by molar-refractivity contribution is 7.89. The van der Waals surface area contributed by atoms with Crippen molar-refractivity contribution in [2.24, 2.45) is 5.92 Å². The number of piperidine rings is 1. The lowest BCUT2D eigenvalue weighted by Crippen LogP contribution is -2.53. The summed E-state index contributed by atoms with van der Waals surface area (Å²) < 4.78 is 27.4. The molecular weight excluding hydrogens is 459 g/mol. The Bertz CT molecular complexity index is 1020. The summed E-state index contributed by atoms with van der Waals surface area (Å²) in [6.07, 6.45) is 2.98. The molecule has 31 heavy (non-hydrogen) atoms. The van der Waals surface area contributed by atoms with E-state index in [1.165, 1.54) is 16.4 Å². The first-order valence-electron chi connectivity index (χ1n) is 10.3. The van der Waals surface area contributed by atoms with Crippen LogP contribution in [0.15, 0.2) is 47.5 Å². The molecule has 2 aliphatic rings. The van der Waals surface area contributed by atoms with Crippen LogP contribution in [0.4, 0.5) is 5.82 Å². The van der Waals surface area contributed by atoms with E-state index in [9.17, 15) is 13.2 Å². The molecule has 2 fully saturated rings. The van der Waals surface area contributed by atoms with E-state index in [-0.39, 0.29) is 23.3 Å². The molecule has 0 radical (unpaired) electrons. The number of hydrogen-bond donors (Lipinski definition) is 0. The molecule has 1 amide bonds. The summed E-state index contributed by atoms with van der Waals surface area (Å²) in [7, 11) is -3.65. The van der Waals surface area contributed by atoms with Crippen molar-refractivity contribution >= 4 is 45.0 Å². The van der Waals surface area contributed by atoms with Crippen LogP contribution in [-0.2, 0) is 14.8 Å². The minimum Gasteiger partial charge on any atom is -0.353 e. The highest BCUT2D eigenvalue weighted by Crippen LogP contribution is 2.26. The Balaban J connectivity index is 1.38. The number of sulfonamides is 1. The number of aromatic nitrogens is 1. The van der Waals surface area contributed by atoms with Crippen LogP contribution in [0.25, 0.3) is 0 Å². The predicted octanol–water partition coefficient (Wildman–Crippen LogP) is 3.14. The highest BCUT2D eigenvalue weighted by atomic mass is 35.5. The summed E-state index contributed by atoms with van der Waals surface area (Å²) in [5, 5.41) is 1.08. The maximum Gasteiger partial charge on any atom is 0.243 e. The van der Waals surface area contributed by atoms with Gasteiger partial charge in [0.05, 0.1) is 15.8 Å². The van der Waals surface area contributed by atoms with Crippen molar-refractivity contribution in [3.05, 3.63) is 52.6 Å². The van der Waals surface area contributed by atoms with Crippen LogP contribution >= 0.6 is 23.2 Å². The molecule has 1 atom stereocenters. The number of rotatable bonds is 4. The molecule has 0 N–H and O–H groups in total. The molecule has 2 aromatic rings. The second kappa shape index (κ2) is 9.32. The Morgan fingerprint density at radius 2 is 1.61 bits per heavy atom. The second-order valence-corrected chi connectivity index (χ2v) is 10.6. The fourth-order valence-electron chi connectivity index (χ4n) is 4.09. The van der Waals surface area contributed by atoms with Crippen LogP contribution in [0.3, 0.4) is 0 Å². The van der Waals surface area contributed by atoms with Crippen LogP contribution in [-0.4, -0.2) is 67.8 Å². The van der Waals surface area contributed by atoms with Crippen molar-refractivity contribution in [3.8, 4) is 0 Å². The number of hydrogen-bond acceptors (Lipinski definition) is 5. The van der Waals surface area contributed by atoms with Crippen molar-refractivity contribution in [3.63, 3.8) is 0 Å². The zero-order valence-electron chi connectivity index (χ0n) is 17.0. The first-order valence-corrected chi connectivity index (χ1v) is 12.5. The van der Waals surface area contributed by atoms with E-state index >= 15 is 0 Å². The van der Waals surface area contributed by atoms with Gasteiger partial charge in [-0.25, -0.2) is 13.4 Å². The third kappa shape index (κ3) is 4.98. The molecule has 4 rings (SSSR count). The van der Waals surface area contributed by atoms with E-state index < -0.39 is 10.0 Å². The Hall–Kier alpha value is -1.87. The van der Waals surface area contributed by atoms with Gasteiger partial charge in [-0.05, 0) is 49.2 Å². The van der Waals surface area contributed by atoms with E-state index in [1.54, 1.807) is 24.4 Å². The van der Waals surface area contributed by atoms with E-state index in [4.69, 9.17) is 23.2 Å². The number of nitrogens with zero attached hydrogens (tertiary/aromatic N) is 4. The zero-order chi connectivity index (χ0) is 22.0. The molecular formula is C21H24Cl2N4O3S. The summed E-state index contributed by atoms with van der Waals surface area (Å²) in [5.41, 5.74) is 0. The van der Waals surface area contributed by atoms with Gasteiger partial charge in [-0.2, -0.15) is 4.31 Å². The molecule has 2 saturated heterocycles. The molecule has 10 heteroatoms. The van der Waals surface area contributed by atoms with Crippen LogP contribution < -0.4 is 4.90 Å². The van der Waals surface area contributed by atoms with Gasteiger partial charge in [-0.3, -0.25) is 4.79 Å². The van der Waals surface area contributed by atoms with Gasteiger partial charge in [0.25, 0.3) is 0 Å². The van der Waals surface area contributed by atoms with Crippen LogP contribution in [0, 0.1) is 5.92 Å². The van der Waals surface area contributed by atoms with Crippen molar-refractivity contribution < 1.29 is 13.2 Å². The van der Waals surface area contributed by atoms with Gasteiger partial charge in [-0.1, -0.05) is 23.2 Å². The van der Waals surface area contributed by atoms with Crippen LogP contribution in [0.2, 0.25) is 10.0 Å². The van der Waals surface area contributed by atoms with Gasteiger partial charge in [0.15, 0.2) is 0 Å². The van der Waals surface area contributed by atoms with Gasteiger partial charge >= 0.3 is 0 Å². The summed E-state index contributed by atoms with van der Waals surface area (Å²) in [6.45, 7) is 3.17. The number of carbonyl (C=O) groups excluding carboxylic acids is 1. The summed E-state index contributed by atoms with van der Waals surface area (Å²) in [5.74, 6) is 0.546. The first-order chi connectivity index (χ1) is 14.8. The fraction of sp³-hybridized carbons (Fsp3) is 0.429. The molecule has 7 nitrogen and oxygen atoms in total. The third-order valence-corrected chi connectivity index (χ3v) is 8.17. The van der Waals surface area contributed by atoms with Gasteiger partial charge in [0, 0.05) is 50.5 Å². The Labute approximate surface area is 192 Å². The summed E-state index contributed by atoms with van der Waals surface area (Å²) >= 11 is 11.8. The molecule has 2 aliphatic heterocycles. The van der Waals surface area contributed by atoms with E-state index in [1.807, 2.05) is 11.0 Å². The van der Waals surface area contributed by atoms with Crippen molar-refractivity contribution in [2.75, 3.05) is 44.2 Å². The molecule has 0 spiro atoms. The van der Waals surface area contributed by atoms with Crippen LogP contribution in [0.5, 0.6) is 0 Å². The maximum atomic E-state index is 13.1. The zero-order valence-corrected chi connectivity index (χ0v) is 19.3. The maximum absolute atomic E-state index is 13.1. The van der Waals surface area contributed by atoms with E-state index in [2.05, 4.69) is 9.88 Å². The average molecular weight is 483 g/mol. The quantitative estimate of drug-likeness (QED) is 0.668. The summed E-state index contributed by atoms with van der Waals surface area (Å²) in [4.78, 5) is 21.6. The van der Waals surface area contributed by atoms with E-state index in [0.29, 0.717) is 55.6 Å². The van der Waals surface area contributed by atoms with Crippen molar-refractivity contribution in [2.45, 2.75) is 17.7 Å². The number of halogens is 2. The summed E-state index contributed by atoms with van der Waals surface area (Å²) in [6, 6.07) is 9.83.